The zero-order chi connectivity index (χ0) is 15.1. The van der Waals surface area contributed by atoms with Gasteiger partial charge in [0, 0.05) is 16.3 Å². The molecule has 3 nitrogen and oxygen atoms in total. The molecule has 1 heterocycles. The molecule has 1 aromatic carbocycles. The van der Waals surface area contributed by atoms with Crippen molar-refractivity contribution < 1.29 is 0 Å². The molecule has 114 valence electrons. The summed E-state index contributed by atoms with van der Waals surface area (Å²) in [6.07, 6.45) is 2.96. The molecule has 0 saturated carbocycles. The van der Waals surface area contributed by atoms with Crippen molar-refractivity contribution in [2.75, 3.05) is 12.3 Å². The summed E-state index contributed by atoms with van der Waals surface area (Å²) in [7, 11) is 0. The van der Waals surface area contributed by atoms with Gasteiger partial charge in [-0.05, 0) is 43.5 Å². The third-order valence-corrected chi connectivity index (χ3v) is 4.62. The Kier molecular flexibility index (Phi) is 6.33. The fourth-order valence-corrected chi connectivity index (χ4v) is 3.50. The van der Waals surface area contributed by atoms with Gasteiger partial charge in [0.2, 0.25) is 0 Å². The van der Waals surface area contributed by atoms with Crippen molar-refractivity contribution in [1.29, 1.82) is 0 Å². The maximum atomic E-state index is 5.75. The summed E-state index contributed by atoms with van der Waals surface area (Å²) in [6.45, 7) is 6.03. The molecule has 0 aliphatic rings. The van der Waals surface area contributed by atoms with Crippen molar-refractivity contribution in [3.63, 3.8) is 0 Å². The van der Waals surface area contributed by atoms with Gasteiger partial charge < -0.3 is 5.73 Å². The molecule has 0 spiro atoms. The quantitative estimate of drug-likeness (QED) is 0.761. The first kappa shape index (κ1) is 16.1. The van der Waals surface area contributed by atoms with Crippen LogP contribution >= 0.6 is 11.8 Å². The fourth-order valence-electron chi connectivity index (χ4n) is 2.65. The third-order valence-electron chi connectivity index (χ3n) is 3.63. The lowest BCUT2D eigenvalue weighted by Gasteiger charge is -2.07. The minimum absolute atomic E-state index is 0.699. The van der Waals surface area contributed by atoms with Gasteiger partial charge in [-0.3, -0.25) is 4.68 Å². The average molecular weight is 303 g/mol. The van der Waals surface area contributed by atoms with Gasteiger partial charge in [-0.2, -0.15) is 5.10 Å². The van der Waals surface area contributed by atoms with Crippen LogP contribution in [0.25, 0.3) is 0 Å². The van der Waals surface area contributed by atoms with Gasteiger partial charge in [-0.25, -0.2) is 0 Å². The molecule has 4 heteroatoms. The Bertz CT molecular complexity index is 549. The van der Waals surface area contributed by atoms with Crippen molar-refractivity contribution in [2.24, 2.45) is 5.73 Å². The molecular weight excluding hydrogens is 278 g/mol. The van der Waals surface area contributed by atoms with Crippen LogP contribution < -0.4 is 5.73 Å². The number of nitrogens with zero attached hydrogens (tertiary/aromatic N) is 2. The van der Waals surface area contributed by atoms with E-state index in [2.05, 4.69) is 48.9 Å². The highest BCUT2D eigenvalue weighted by atomic mass is 32.2. The molecule has 0 bridgehead atoms. The Morgan fingerprint density at radius 3 is 2.52 bits per heavy atom. The van der Waals surface area contributed by atoms with E-state index < -0.39 is 0 Å². The van der Waals surface area contributed by atoms with Crippen LogP contribution in [0.5, 0.6) is 0 Å². The summed E-state index contributed by atoms with van der Waals surface area (Å²) in [5.41, 5.74) is 9.72. The van der Waals surface area contributed by atoms with E-state index in [1.54, 1.807) is 0 Å². The van der Waals surface area contributed by atoms with Crippen molar-refractivity contribution in [3.05, 3.63) is 47.3 Å². The minimum Gasteiger partial charge on any atom is -0.330 e. The van der Waals surface area contributed by atoms with E-state index in [0.29, 0.717) is 6.54 Å². The number of hydrogen-bond acceptors (Lipinski definition) is 3. The summed E-state index contributed by atoms with van der Waals surface area (Å²) in [6, 6.07) is 10.5. The third kappa shape index (κ3) is 4.11. The zero-order valence-corrected chi connectivity index (χ0v) is 13.8. The van der Waals surface area contributed by atoms with Gasteiger partial charge in [0.25, 0.3) is 0 Å². The molecule has 0 amide bonds. The Morgan fingerprint density at radius 1 is 1.14 bits per heavy atom. The van der Waals surface area contributed by atoms with Gasteiger partial charge >= 0.3 is 0 Å². The molecule has 21 heavy (non-hydrogen) atoms. The van der Waals surface area contributed by atoms with Crippen molar-refractivity contribution in [1.82, 2.24) is 9.78 Å². The predicted molar refractivity (Wildman–Crippen MR) is 90.9 cm³/mol. The van der Waals surface area contributed by atoms with Gasteiger partial charge in [0.05, 0.1) is 12.2 Å². The predicted octanol–water partition coefficient (Wildman–Crippen LogP) is 3.30. The van der Waals surface area contributed by atoms with Crippen LogP contribution in [0.3, 0.4) is 0 Å². The lowest BCUT2D eigenvalue weighted by atomic mass is 10.1. The van der Waals surface area contributed by atoms with Crippen LogP contribution in [-0.4, -0.2) is 22.1 Å². The number of thioether (sulfide) groups is 1. The molecule has 0 fully saturated rings. The molecule has 2 N–H and O–H groups in total. The van der Waals surface area contributed by atoms with Gasteiger partial charge in [-0.15, -0.1) is 11.8 Å². The van der Waals surface area contributed by atoms with Gasteiger partial charge in [0.1, 0.15) is 0 Å². The number of benzene rings is 1. The lowest BCUT2D eigenvalue weighted by molar-refractivity contribution is 0.622. The molecule has 2 aromatic rings. The van der Waals surface area contributed by atoms with Crippen molar-refractivity contribution in [3.8, 4) is 0 Å². The summed E-state index contributed by atoms with van der Waals surface area (Å²) in [4.78, 5) is 1.32. The maximum absolute atomic E-state index is 5.75. The first-order chi connectivity index (χ1) is 10.3. The Labute approximate surface area is 131 Å². The Balaban J connectivity index is 2.05. The highest BCUT2D eigenvalue weighted by Crippen LogP contribution is 2.20. The van der Waals surface area contributed by atoms with Crippen LogP contribution in [0.2, 0.25) is 0 Å². The largest absolute Gasteiger partial charge is 0.330 e. The molecular formula is C17H25N3S. The van der Waals surface area contributed by atoms with Gasteiger partial charge in [0.15, 0.2) is 0 Å². The average Bonchev–Trinajstić information content (AvgIpc) is 2.86. The molecule has 0 unspecified atom stereocenters. The Morgan fingerprint density at radius 2 is 1.90 bits per heavy atom. The summed E-state index contributed by atoms with van der Waals surface area (Å²) >= 11 is 1.88. The second-order valence-corrected chi connectivity index (χ2v) is 6.17. The zero-order valence-electron chi connectivity index (χ0n) is 13.0. The summed E-state index contributed by atoms with van der Waals surface area (Å²) in [5, 5.41) is 4.80. The first-order valence-electron chi connectivity index (χ1n) is 7.75. The van der Waals surface area contributed by atoms with E-state index in [9.17, 15) is 0 Å². The molecule has 0 saturated heterocycles. The number of hydrogen-bond donors (Lipinski definition) is 1. The molecule has 0 aliphatic carbocycles. The minimum atomic E-state index is 0.699. The standard InChI is InChI=1S/C17H25N3S/c1-3-16-15(10-11-18)17(4-2)20(19-16)12-13-21-14-8-6-5-7-9-14/h5-9H,3-4,10-13,18H2,1-2H3. The monoisotopic (exact) mass is 303 g/mol. The van der Waals surface area contributed by atoms with Crippen molar-refractivity contribution in [2.45, 2.75) is 44.6 Å². The molecule has 1 aromatic heterocycles. The fraction of sp³-hybridized carbons (Fsp3) is 0.471. The molecule has 0 atom stereocenters. The topological polar surface area (TPSA) is 43.8 Å². The second-order valence-electron chi connectivity index (χ2n) is 5.00. The van der Waals surface area contributed by atoms with Crippen LogP contribution in [0.15, 0.2) is 35.2 Å². The smallest absolute Gasteiger partial charge is 0.0657 e. The van der Waals surface area contributed by atoms with E-state index in [0.717, 1.165) is 31.6 Å². The SMILES string of the molecule is CCc1nn(CCSc2ccccc2)c(CC)c1CCN. The van der Waals surface area contributed by atoms with Crippen LogP contribution in [0.4, 0.5) is 0 Å². The van der Waals surface area contributed by atoms with E-state index in [1.807, 2.05) is 11.8 Å². The Hall–Kier alpha value is -1.26. The number of aromatic nitrogens is 2. The first-order valence-corrected chi connectivity index (χ1v) is 8.74. The maximum Gasteiger partial charge on any atom is 0.0657 e. The van der Waals surface area contributed by atoms with E-state index in [-0.39, 0.29) is 0 Å². The molecule has 2 rings (SSSR count). The summed E-state index contributed by atoms with van der Waals surface area (Å²) < 4.78 is 2.19. The highest BCUT2D eigenvalue weighted by Gasteiger charge is 2.14. The lowest BCUT2D eigenvalue weighted by Crippen LogP contribution is -2.09. The van der Waals surface area contributed by atoms with Gasteiger partial charge in [-0.1, -0.05) is 32.0 Å². The van der Waals surface area contributed by atoms with E-state index in [1.165, 1.54) is 21.8 Å². The molecule has 0 radical (unpaired) electrons. The number of nitrogens with two attached hydrogens (primary N) is 1. The van der Waals surface area contributed by atoms with Crippen LogP contribution in [-0.2, 0) is 25.8 Å². The highest BCUT2D eigenvalue weighted by molar-refractivity contribution is 7.99. The second kappa shape index (κ2) is 8.25. The summed E-state index contributed by atoms with van der Waals surface area (Å²) in [5.74, 6) is 1.05. The normalized spacial score (nSPS) is 11.0. The van der Waals surface area contributed by atoms with E-state index in [4.69, 9.17) is 10.8 Å². The number of aryl methyl sites for hydroxylation is 2. The molecule has 0 aliphatic heterocycles. The van der Waals surface area contributed by atoms with Crippen molar-refractivity contribution >= 4 is 11.8 Å². The van der Waals surface area contributed by atoms with E-state index >= 15 is 0 Å². The van der Waals surface area contributed by atoms with Crippen LogP contribution in [0, 0.1) is 0 Å². The van der Waals surface area contributed by atoms with Crippen LogP contribution in [0.1, 0.15) is 30.8 Å². The number of rotatable bonds is 8.